The molecule has 3 nitrogen and oxygen atoms in total. The molecule has 118 valence electrons. The molecule has 0 aliphatic rings. The second-order valence-corrected chi connectivity index (χ2v) is 6.27. The first kappa shape index (κ1) is 19.2. The van der Waals surface area contributed by atoms with Gasteiger partial charge in [-0.3, -0.25) is 4.79 Å². The maximum absolute atomic E-state index is 11.3. The zero-order valence-electron chi connectivity index (χ0n) is 13.9. The average Bonchev–Trinajstić information content (AvgIpc) is 2.40. The first-order valence-electron chi connectivity index (χ1n) is 8.29. The molecule has 0 aromatic heterocycles. The summed E-state index contributed by atoms with van der Waals surface area (Å²) >= 11 is 0. The first-order chi connectivity index (χ1) is 9.52. The largest absolute Gasteiger partial charge is 0.288 e. The predicted octanol–water partition coefficient (Wildman–Crippen LogP) is 4.20. The number of nitrogens with one attached hydrogen (secondary N) is 1. The van der Waals surface area contributed by atoms with E-state index in [2.05, 4.69) is 18.9 Å². The van der Waals surface area contributed by atoms with Gasteiger partial charge in [-0.25, -0.2) is 4.59 Å². The summed E-state index contributed by atoms with van der Waals surface area (Å²) in [5.74, 6) is -0.0953. The van der Waals surface area contributed by atoms with Gasteiger partial charge in [-0.1, -0.05) is 64.9 Å². The molecule has 3 heteroatoms. The molecule has 0 atom stereocenters. The monoisotopic (exact) mass is 283 g/mol. The maximum atomic E-state index is 11.3. The number of carbonyl (C=O) groups excluding carboxylic acids is 1. The number of hydrogen-bond donors (Lipinski definition) is 1. The van der Waals surface area contributed by atoms with Crippen molar-refractivity contribution in [3.8, 4) is 0 Å². The van der Waals surface area contributed by atoms with Gasteiger partial charge in [0.15, 0.2) is 0 Å². The predicted molar refractivity (Wildman–Crippen MR) is 87.2 cm³/mol. The van der Waals surface area contributed by atoms with E-state index in [4.69, 9.17) is 0 Å². The van der Waals surface area contributed by atoms with Gasteiger partial charge in [0.2, 0.25) is 0 Å². The Hall–Kier alpha value is -0.830. The number of carbonyl (C=O) groups is 1. The first-order valence-corrected chi connectivity index (χ1v) is 8.29. The summed E-state index contributed by atoms with van der Waals surface area (Å²) in [5.41, 5.74) is 2.92. The molecule has 0 unspecified atom stereocenters. The summed E-state index contributed by atoms with van der Waals surface area (Å²) in [4.78, 5) is 11.3. The smallest absolute Gasteiger partial charge is 0.265 e. The van der Waals surface area contributed by atoms with Crippen molar-refractivity contribution in [3.63, 3.8) is 0 Å². The highest BCUT2D eigenvalue weighted by Crippen LogP contribution is 2.11. The van der Waals surface area contributed by atoms with E-state index < -0.39 is 0 Å². The minimum atomic E-state index is -0.0953. The van der Waals surface area contributed by atoms with Gasteiger partial charge in [0.25, 0.3) is 5.91 Å². The van der Waals surface area contributed by atoms with Crippen LogP contribution in [0.15, 0.2) is 12.7 Å². The van der Waals surface area contributed by atoms with Gasteiger partial charge in [0.05, 0.1) is 14.1 Å². The number of quaternary nitrogens is 1. The molecule has 0 aliphatic heterocycles. The highest BCUT2D eigenvalue weighted by atomic mass is 16.2. The average molecular weight is 283 g/mol. The molecular weight excluding hydrogens is 248 g/mol. The van der Waals surface area contributed by atoms with E-state index in [1.807, 2.05) is 14.1 Å². The van der Waals surface area contributed by atoms with E-state index in [1.165, 1.54) is 70.3 Å². The minimum Gasteiger partial charge on any atom is -0.265 e. The molecule has 0 saturated heterocycles. The van der Waals surface area contributed by atoms with Crippen LogP contribution >= 0.6 is 0 Å². The third-order valence-corrected chi connectivity index (χ3v) is 3.67. The van der Waals surface area contributed by atoms with Crippen molar-refractivity contribution in [1.29, 1.82) is 0 Å². The van der Waals surface area contributed by atoms with Crippen LogP contribution in [0.1, 0.15) is 71.1 Å². The Bertz CT molecular complexity index is 262. The lowest BCUT2D eigenvalue weighted by molar-refractivity contribution is -0.925. The third kappa shape index (κ3) is 12.2. The Balaban J connectivity index is 3.38. The van der Waals surface area contributed by atoms with Crippen LogP contribution in [-0.4, -0.2) is 31.1 Å². The maximum Gasteiger partial charge on any atom is 0.288 e. The van der Waals surface area contributed by atoms with E-state index in [9.17, 15) is 4.79 Å². The van der Waals surface area contributed by atoms with Crippen LogP contribution in [0, 0.1) is 0 Å². The molecule has 0 aliphatic carbocycles. The second kappa shape index (κ2) is 12.0. The van der Waals surface area contributed by atoms with Gasteiger partial charge in [0.1, 0.15) is 6.54 Å². The van der Waals surface area contributed by atoms with Crippen molar-refractivity contribution in [1.82, 2.24) is 5.43 Å². The summed E-state index contributed by atoms with van der Waals surface area (Å²) in [6.07, 6.45) is 14.8. The van der Waals surface area contributed by atoms with E-state index in [0.717, 1.165) is 6.54 Å². The second-order valence-electron chi connectivity index (χ2n) is 6.27. The lowest BCUT2D eigenvalue weighted by Gasteiger charge is -2.28. The molecule has 0 bridgehead atoms. The number of hydrogen-bond acceptors (Lipinski definition) is 1. The summed E-state index contributed by atoms with van der Waals surface area (Å²) in [6, 6.07) is 0. The molecule has 0 aromatic carbocycles. The Morgan fingerprint density at radius 3 is 1.85 bits per heavy atom. The zero-order valence-corrected chi connectivity index (χ0v) is 13.9. The Kier molecular flexibility index (Phi) is 11.5. The number of nitrogens with zero attached hydrogens (tertiary/aromatic N) is 1. The van der Waals surface area contributed by atoms with Gasteiger partial charge in [-0.2, -0.15) is 5.43 Å². The van der Waals surface area contributed by atoms with Crippen molar-refractivity contribution < 1.29 is 9.39 Å². The third-order valence-electron chi connectivity index (χ3n) is 3.67. The van der Waals surface area contributed by atoms with Crippen LogP contribution in [0.2, 0.25) is 0 Å². The van der Waals surface area contributed by atoms with Crippen molar-refractivity contribution in [2.45, 2.75) is 71.1 Å². The van der Waals surface area contributed by atoms with Gasteiger partial charge >= 0.3 is 0 Å². The van der Waals surface area contributed by atoms with Gasteiger partial charge in [0, 0.05) is 6.08 Å². The quantitative estimate of drug-likeness (QED) is 0.233. The molecular formula is C17H35N2O+. The lowest BCUT2D eigenvalue weighted by Crippen LogP contribution is -2.54. The SMILES string of the molecule is C=CC(=O)N[N+](C)(C)CCCCCCCCCCCC. The standard InChI is InChI=1S/C17H34N2O/c1-5-7-8-9-10-11-12-13-14-15-16-19(3,4)18-17(20)6-2/h6H,2,5,7-16H2,1,3-4H3/p+1. The van der Waals surface area contributed by atoms with Gasteiger partial charge < -0.3 is 0 Å². The molecule has 0 aromatic rings. The molecule has 0 fully saturated rings. The van der Waals surface area contributed by atoms with Crippen LogP contribution in [0.3, 0.4) is 0 Å². The summed E-state index contributed by atoms with van der Waals surface area (Å²) in [6.45, 7) is 6.72. The Labute approximate surface area is 126 Å². The Morgan fingerprint density at radius 1 is 0.950 bits per heavy atom. The molecule has 0 rings (SSSR count). The molecule has 0 heterocycles. The van der Waals surface area contributed by atoms with E-state index in [-0.39, 0.29) is 5.91 Å². The van der Waals surface area contributed by atoms with Gasteiger partial charge in [-0.05, 0) is 12.8 Å². The molecule has 0 radical (unpaired) electrons. The summed E-state index contributed by atoms with van der Waals surface area (Å²) < 4.78 is 0.544. The summed E-state index contributed by atoms with van der Waals surface area (Å²) in [7, 11) is 4.05. The molecule has 0 saturated carbocycles. The fourth-order valence-corrected chi connectivity index (χ4v) is 2.39. The lowest BCUT2D eigenvalue weighted by atomic mass is 10.1. The van der Waals surface area contributed by atoms with Crippen molar-refractivity contribution in [2.75, 3.05) is 20.6 Å². The molecule has 20 heavy (non-hydrogen) atoms. The van der Waals surface area contributed by atoms with Crippen molar-refractivity contribution >= 4 is 5.91 Å². The van der Waals surface area contributed by atoms with Crippen LogP contribution in [0.25, 0.3) is 0 Å². The number of rotatable bonds is 13. The number of unbranched alkanes of at least 4 members (excludes halogenated alkanes) is 9. The highest BCUT2D eigenvalue weighted by molar-refractivity contribution is 5.85. The summed E-state index contributed by atoms with van der Waals surface area (Å²) in [5, 5.41) is 0. The van der Waals surface area contributed by atoms with E-state index in [0.29, 0.717) is 4.59 Å². The van der Waals surface area contributed by atoms with Crippen LogP contribution in [-0.2, 0) is 4.79 Å². The van der Waals surface area contributed by atoms with Crippen molar-refractivity contribution in [2.24, 2.45) is 0 Å². The normalized spacial score (nSPS) is 11.3. The van der Waals surface area contributed by atoms with Gasteiger partial charge in [-0.15, -0.1) is 0 Å². The molecule has 1 amide bonds. The topological polar surface area (TPSA) is 29.1 Å². The Morgan fingerprint density at radius 2 is 1.40 bits per heavy atom. The highest BCUT2D eigenvalue weighted by Gasteiger charge is 2.16. The van der Waals surface area contributed by atoms with E-state index >= 15 is 0 Å². The number of amides is 1. The van der Waals surface area contributed by atoms with E-state index in [1.54, 1.807) is 0 Å². The minimum absolute atomic E-state index is 0.0953. The van der Waals surface area contributed by atoms with Crippen LogP contribution in [0.4, 0.5) is 0 Å². The van der Waals surface area contributed by atoms with Crippen LogP contribution < -0.4 is 5.43 Å². The molecule has 1 N–H and O–H groups in total. The fraction of sp³-hybridized carbons (Fsp3) is 0.824. The van der Waals surface area contributed by atoms with Crippen molar-refractivity contribution in [3.05, 3.63) is 12.7 Å². The fourth-order valence-electron chi connectivity index (χ4n) is 2.39. The van der Waals surface area contributed by atoms with Crippen LogP contribution in [0.5, 0.6) is 0 Å². The molecule has 0 spiro atoms. The zero-order chi connectivity index (χ0) is 15.3.